The van der Waals surface area contributed by atoms with Gasteiger partial charge in [0.2, 0.25) is 0 Å². The Hall–Kier alpha value is -2.67. The molecule has 1 aliphatic rings. The van der Waals surface area contributed by atoms with Crippen molar-refractivity contribution in [3.63, 3.8) is 0 Å². The third-order valence-corrected chi connectivity index (χ3v) is 6.23. The third-order valence-electron chi connectivity index (χ3n) is 4.48. The molecule has 0 radical (unpaired) electrons. The number of Topliss-reactive ketones (excluding diaryl/α,β-unsaturated/α-hetero) is 1. The van der Waals surface area contributed by atoms with E-state index in [-0.39, 0.29) is 29.8 Å². The Balaban J connectivity index is 1.77. The second kappa shape index (κ2) is 7.92. The van der Waals surface area contributed by atoms with E-state index in [1.54, 1.807) is 48.5 Å². The summed E-state index contributed by atoms with van der Waals surface area (Å²) >= 11 is 0. The average molecular weight is 387 g/mol. The zero-order chi connectivity index (χ0) is 19.4. The van der Waals surface area contributed by atoms with Crippen LogP contribution in [0.15, 0.2) is 54.6 Å². The van der Waals surface area contributed by atoms with Gasteiger partial charge >= 0.3 is 0 Å². The number of ether oxygens (including phenoxy) is 1. The fourth-order valence-electron chi connectivity index (χ4n) is 3.15. The van der Waals surface area contributed by atoms with Crippen LogP contribution in [0.1, 0.15) is 23.7 Å². The van der Waals surface area contributed by atoms with Crippen LogP contribution < -0.4 is 9.64 Å². The molecule has 2 aromatic rings. The predicted molar refractivity (Wildman–Crippen MR) is 103 cm³/mol. The van der Waals surface area contributed by atoms with E-state index in [4.69, 9.17) is 4.74 Å². The van der Waals surface area contributed by atoms with Crippen molar-refractivity contribution in [1.82, 2.24) is 0 Å². The Morgan fingerprint density at radius 1 is 1.11 bits per heavy atom. The monoisotopic (exact) mass is 387 g/mol. The highest BCUT2D eigenvalue weighted by Crippen LogP contribution is 2.25. The number of nitrogens with zero attached hydrogens (tertiary/aromatic N) is 1. The van der Waals surface area contributed by atoms with Crippen molar-refractivity contribution in [2.45, 2.75) is 19.4 Å². The Kier molecular flexibility index (Phi) is 5.60. The van der Waals surface area contributed by atoms with Crippen molar-refractivity contribution >= 4 is 27.2 Å². The largest absolute Gasteiger partial charge is 0.484 e. The molecule has 0 aromatic heterocycles. The number of amides is 1. The molecule has 1 atom stereocenters. The first-order valence-corrected chi connectivity index (χ1v) is 10.5. The van der Waals surface area contributed by atoms with Crippen molar-refractivity contribution in [1.29, 1.82) is 0 Å². The molecular weight excluding hydrogens is 366 g/mol. The van der Waals surface area contributed by atoms with E-state index < -0.39 is 15.9 Å². The van der Waals surface area contributed by atoms with Gasteiger partial charge in [-0.2, -0.15) is 0 Å². The smallest absolute Gasteiger partial charge is 0.265 e. The van der Waals surface area contributed by atoms with Gasteiger partial charge in [-0.1, -0.05) is 30.3 Å². The molecule has 1 aliphatic heterocycles. The molecule has 0 N–H and O–H groups in total. The molecule has 2 aromatic carbocycles. The van der Waals surface area contributed by atoms with E-state index >= 15 is 0 Å². The van der Waals surface area contributed by atoms with Crippen molar-refractivity contribution in [2.24, 2.45) is 0 Å². The molecule has 27 heavy (non-hydrogen) atoms. The number of ketones is 1. The maximum absolute atomic E-state index is 12.9. The highest BCUT2D eigenvalue weighted by molar-refractivity contribution is 7.91. The molecule has 0 unspecified atom stereocenters. The first-order chi connectivity index (χ1) is 12.9. The van der Waals surface area contributed by atoms with Gasteiger partial charge < -0.3 is 9.64 Å². The zero-order valence-corrected chi connectivity index (χ0v) is 15.8. The summed E-state index contributed by atoms with van der Waals surface area (Å²) in [4.78, 5) is 25.9. The zero-order valence-electron chi connectivity index (χ0n) is 15.0. The van der Waals surface area contributed by atoms with Crippen LogP contribution in [-0.2, 0) is 14.6 Å². The number of carbonyl (C=O) groups excluding carboxylic acids is 2. The first-order valence-electron chi connectivity index (χ1n) is 8.67. The molecule has 1 heterocycles. The normalized spacial score (nSPS) is 18.0. The molecule has 1 fully saturated rings. The van der Waals surface area contributed by atoms with Crippen molar-refractivity contribution in [3.05, 3.63) is 60.2 Å². The molecule has 3 rings (SSSR count). The summed E-state index contributed by atoms with van der Waals surface area (Å²) in [6, 6.07) is 15.2. The number of benzene rings is 2. The lowest BCUT2D eigenvalue weighted by Gasteiger charge is -2.28. The highest BCUT2D eigenvalue weighted by atomic mass is 32.2. The SMILES string of the molecule is CC(=O)c1cccc(OCC(=O)N(c2ccccc2)[C@H]2CCS(=O)(=O)C2)c1. The van der Waals surface area contributed by atoms with Crippen LogP contribution >= 0.6 is 0 Å². The molecule has 1 amide bonds. The van der Waals surface area contributed by atoms with Gasteiger partial charge in [-0.3, -0.25) is 9.59 Å². The first kappa shape index (κ1) is 19.1. The fourth-order valence-corrected chi connectivity index (χ4v) is 4.85. The second-order valence-corrected chi connectivity index (χ2v) is 8.76. The van der Waals surface area contributed by atoms with Crippen LogP contribution in [0.25, 0.3) is 0 Å². The van der Waals surface area contributed by atoms with Crippen LogP contribution in [-0.4, -0.2) is 44.3 Å². The average Bonchev–Trinajstić information content (AvgIpc) is 3.00. The second-order valence-electron chi connectivity index (χ2n) is 6.53. The maximum atomic E-state index is 12.9. The number of sulfone groups is 1. The van der Waals surface area contributed by atoms with Crippen molar-refractivity contribution in [3.8, 4) is 5.75 Å². The Bertz CT molecular complexity index is 940. The topological polar surface area (TPSA) is 80.8 Å². The van der Waals surface area contributed by atoms with Gasteiger partial charge in [0.1, 0.15) is 5.75 Å². The van der Waals surface area contributed by atoms with E-state index in [0.29, 0.717) is 23.4 Å². The summed E-state index contributed by atoms with van der Waals surface area (Å²) in [5.74, 6) is 0.0389. The summed E-state index contributed by atoms with van der Waals surface area (Å²) in [5, 5.41) is 0. The summed E-state index contributed by atoms with van der Waals surface area (Å²) in [6.45, 7) is 1.22. The van der Waals surface area contributed by atoms with Crippen LogP contribution in [0.2, 0.25) is 0 Å². The van der Waals surface area contributed by atoms with Gasteiger partial charge in [-0.05, 0) is 37.6 Å². The summed E-state index contributed by atoms with van der Waals surface area (Å²) in [6.07, 6.45) is 0.406. The minimum Gasteiger partial charge on any atom is -0.484 e. The maximum Gasteiger partial charge on any atom is 0.265 e. The lowest BCUT2D eigenvalue weighted by Crippen LogP contribution is -2.43. The highest BCUT2D eigenvalue weighted by Gasteiger charge is 2.35. The van der Waals surface area contributed by atoms with Crippen LogP contribution in [0, 0.1) is 0 Å². The Morgan fingerprint density at radius 2 is 1.85 bits per heavy atom. The van der Waals surface area contributed by atoms with Gasteiger partial charge in [-0.15, -0.1) is 0 Å². The lowest BCUT2D eigenvalue weighted by molar-refractivity contribution is -0.121. The van der Waals surface area contributed by atoms with Crippen LogP contribution in [0.5, 0.6) is 5.75 Å². The molecule has 1 saturated heterocycles. The Labute approximate surface area is 158 Å². The molecule has 0 spiro atoms. The van der Waals surface area contributed by atoms with E-state index in [2.05, 4.69) is 0 Å². The number of carbonyl (C=O) groups is 2. The van der Waals surface area contributed by atoms with Gasteiger partial charge in [0.05, 0.1) is 17.5 Å². The third kappa shape index (κ3) is 4.74. The lowest BCUT2D eigenvalue weighted by atomic mass is 10.1. The van der Waals surface area contributed by atoms with Crippen molar-refractivity contribution in [2.75, 3.05) is 23.0 Å². The molecule has 7 heteroatoms. The van der Waals surface area contributed by atoms with Crippen LogP contribution in [0.3, 0.4) is 0 Å². The van der Waals surface area contributed by atoms with E-state index in [9.17, 15) is 18.0 Å². The number of hydrogen-bond acceptors (Lipinski definition) is 5. The standard InChI is InChI=1S/C20H21NO5S/c1-15(22)16-6-5-9-19(12-16)26-13-20(23)21(17-7-3-2-4-8-17)18-10-11-27(24,25)14-18/h2-9,12,18H,10-11,13-14H2,1H3/t18-/m0/s1. The number of hydrogen-bond donors (Lipinski definition) is 0. The van der Waals surface area contributed by atoms with E-state index in [1.165, 1.54) is 11.8 Å². The minimum absolute atomic E-state index is 0.0482. The van der Waals surface area contributed by atoms with Crippen LogP contribution in [0.4, 0.5) is 5.69 Å². The summed E-state index contributed by atoms with van der Waals surface area (Å²) < 4.78 is 29.3. The molecule has 0 aliphatic carbocycles. The summed E-state index contributed by atoms with van der Waals surface area (Å²) in [7, 11) is -3.14. The fraction of sp³-hybridized carbons (Fsp3) is 0.300. The van der Waals surface area contributed by atoms with Gasteiger partial charge in [0.15, 0.2) is 22.2 Å². The summed E-state index contributed by atoms with van der Waals surface area (Å²) in [5.41, 5.74) is 1.15. The quantitative estimate of drug-likeness (QED) is 0.712. The van der Waals surface area contributed by atoms with Gasteiger partial charge in [0.25, 0.3) is 5.91 Å². The molecule has 6 nitrogen and oxygen atoms in total. The van der Waals surface area contributed by atoms with Gasteiger partial charge in [-0.25, -0.2) is 8.42 Å². The van der Waals surface area contributed by atoms with E-state index in [1.807, 2.05) is 6.07 Å². The van der Waals surface area contributed by atoms with Gasteiger partial charge in [0, 0.05) is 11.3 Å². The molecule has 142 valence electrons. The Morgan fingerprint density at radius 3 is 2.48 bits per heavy atom. The number of anilines is 1. The van der Waals surface area contributed by atoms with Crippen molar-refractivity contribution < 1.29 is 22.7 Å². The minimum atomic E-state index is -3.14. The molecule has 0 saturated carbocycles. The predicted octanol–water partition coefficient (Wildman–Crippen LogP) is 2.49. The number of para-hydroxylation sites is 1. The molecule has 0 bridgehead atoms. The van der Waals surface area contributed by atoms with E-state index in [0.717, 1.165) is 0 Å². The molecular formula is C20H21NO5S. The number of rotatable bonds is 6.